The number of aromatic nitrogens is 1. The third-order valence-electron chi connectivity index (χ3n) is 3.65. The molecule has 0 fully saturated rings. The molecule has 0 atom stereocenters. The largest absolute Gasteiger partial charge is 0.399 e. The van der Waals surface area contributed by atoms with E-state index in [0.29, 0.717) is 0 Å². The Morgan fingerprint density at radius 3 is 2.55 bits per heavy atom. The summed E-state index contributed by atoms with van der Waals surface area (Å²) in [7, 11) is 0. The standard InChI is InChI=1S/C18H19N3S/c1-11-4-6-15(12(2)8-11)17-10-22-18(21-17)20-16-7-5-14(19)9-13(16)3/h4-10H,19H2,1-3H3,(H,20,21). The van der Waals surface area contributed by atoms with Crippen LogP contribution in [0.15, 0.2) is 41.8 Å². The second-order valence-electron chi connectivity index (χ2n) is 5.56. The topological polar surface area (TPSA) is 50.9 Å². The molecular weight excluding hydrogens is 290 g/mol. The Hall–Kier alpha value is -2.33. The van der Waals surface area contributed by atoms with E-state index in [9.17, 15) is 0 Å². The van der Waals surface area contributed by atoms with Crippen molar-refractivity contribution in [1.82, 2.24) is 4.98 Å². The van der Waals surface area contributed by atoms with Crippen molar-refractivity contribution in [2.75, 3.05) is 11.1 Å². The average Bonchev–Trinajstić information content (AvgIpc) is 2.90. The third-order valence-corrected chi connectivity index (χ3v) is 4.41. The predicted octanol–water partition coefficient (Wildman–Crippen LogP) is 5.06. The smallest absolute Gasteiger partial charge is 0.187 e. The maximum absolute atomic E-state index is 5.79. The first kappa shape index (κ1) is 14.6. The van der Waals surface area contributed by atoms with E-state index in [0.717, 1.165) is 27.8 Å². The first-order chi connectivity index (χ1) is 10.5. The first-order valence-electron chi connectivity index (χ1n) is 7.19. The van der Waals surface area contributed by atoms with Gasteiger partial charge in [-0.2, -0.15) is 0 Å². The number of nitrogens with one attached hydrogen (secondary N) is 1. The van der Waals surface area contributed by atoms with Gasteiger partial charge in [0.2, 0.25) is 0 Å². The van der Waals surface area contributed by atoms with Crippen molar-refractivity contribution in [3.05, 3.63) is 58.5 Å². The Morgan fingerprint density at radius 2 is 1.82 bits per heavy atom. The maximum atomic E-state index is 5.79. The fourth-order valence-electron chi connectivity index (χ4n) is 2.50. The van der Waals surface area contributed by atoms with Gasteiger partial charge in [0, 0.05) is 22.3 Å². The van der Waals surface area contributed by atoms with Gasteiger partial charge in [-0.1, -0.05) is 23.8 Å². The minimum Gasteiger partial charge on any atom is -0.399 e. The number of nitrogens with zero attached hydrogens (tertiary/aromatic N) is 1. The number of rotatable bonds is 3. The summed E-state index contributed by atoms with van der Waals surface area (Å²) in [6.45, 7) is 6.27. The molecule has 0 saturated heterocycles. The Labute approximate surface area is 134 Å². The van der Waals surface area contributed by atoms with Crippen molar-refractivity contribution in [2.45, 2.75) is 20.8 Å². The molecular formula is C18H19N3S. The minimum atomic E-state index is 0.776. The van der Waals surface area contributed by atoms with Crippen molar-refractivity contribution < 1.29 is 0 Å². The molecule has 1 aromatic heterocycles. The van der Waals surface area contributed by atoms with E-state index in [1.54, 1.807) is 11.3 Å². The average molecular weight is 309 g/mol. The number of nitrogen functional groups attached to an aromatic ring is 1. The van der Waals surface area contributed by atoms with Gasteiger partial charge in [-0.25, -0.2) is 4.98 Å². The second-order valence-corrected chi connectivity index (χ2v) is 6.41. The molecule has 3 aromatic rings. The van der Waals surface area contributed by atoms with Gasteiger partial charge in [0.05, 0.1) is 5.69 Å². The molecule has 0 aliphatic rings. The number of hydrogen-bond donors (Lipinski definition) is 2. The van der Waals surface area contributed by atoms with Crippen molar-refractivity contribution in [1.29, 1.82) is 0 Å². The summed E-state index contributed by atoms with van der Waals surface area (Å²) in [4.78, 5) is 4.71. The summed E-state index contributed by atoms with van der Waals surface area (Å²) in [5.74, 6) is 0. The van der Waals surface area contributed by atoms with E-state index >= 15 is 0 Å². The zero-order chi connectivity index (χ0) is 15.7. The Morgan fingerprint density at radius 1 is 1.00 bits per heavy atom. The summed E-state index contributed by atoms with van der Waals surface area (Å²) in [6.07, 6.45) is 0. The van der Waals surface area contributed by atoms with Crippen LogP contribution in [0.5, 0.6) is 0 Å². The quantitative estimate of drug-likeness (QED) is 0.665. The summed E-state index contributed by atoms with van der Waals surface area (Å²) in [5.41, 5.74) is 13.4. The van der Waals surface area contributed by atoms with Crippen LogP contribution in [0.25, 0.3) is 11.3 Å². The van der Waals surface area contributed by atoms with Gasteiger partial charge >= 0.3 is 0 Å². The number of nitrogens with two attached hydrogens (primary N) is 1. The van der Waals surface area contributed by atoms with Crippen molar-refractivity contribution in [3.8, 4) is 11.3 Å². The van der Waals surface area contributed by atoms with Crippen LogP contribution in [-0.4, -0.2) is 4.98 Å². The monoisotopic (exact) mass is 309 g/mol. The number of aryl methyl sites for hydroxylation is 3. The van der Waals surface area contributed by atoms with Crippen LogP contribution in [0.1, 0.15) is 16.7 Å². The summed E-state index contributed by atoms with van der Waals surface area (Å²) in [6, 6.07) is 12.3. The van der Waals surface area contributed by atoms with Crippen LogP contribution < -0.4 is 11.1 Å². The van der Waals surface area contributed by atoms with E-state index < -0.39 is 0 Å². The van der Waals surface area contributed by atoms with Gasteiger partial charge in [0.15, 0.2) is 5.13 Å². The van der Waals surface area contributed by atoms with Crippen LogP contribution in [-0.2, 0) is 0 Å². The van der Waals surface area contributed by atoms with Crippen LogP contribution in [0.4, 0.5) is 16.5 Å². The first-order valence-corrected chi connectivity index (χ1v) is 8.07. The zero-order valence-corrected chi connectivity index (χ0v) is 13.8. The molecule has 0 aliphatic heterocycles. The van der Waals surface area contributed by atoms with Gasteiger partial charge in [0.25, 0.3) is 0 Å². The molecule has 0 amide bonds. The molecule has 1 heterocycles. The lowest BCUT2D eigenvalue weighted by Gasteiger charge is -2.07. The molecule has 0 bridgehead atoms. The second kappa shape index (κ2) is 5.81. The molecule has 2 aromatic carbocycles. The Kier molecular flexibility index (Phi) is 3.86. The fourth-order valence-corrected chi connectivity index (χ4v) is 3.22. The highest BCUT2D eigenvalue weighted by Crippen LogP contribution is 2.30. The highest BCUT2D eigenvalue weighted by molar-refractivity contribution is 7.14. The van der Waals surface area contributed by atoms with Crippen molar-refractivity contribution in [3.63, 3.8) is 0 Å². The summed E-state index contributed by atoms with van der Waals surface area (Å²) in [5, 5.41) is 6.35. The molecule has 0 radical (unpaired) electrons. The third kappa shape index (κ3) is 2.97. The highest BCUT2D eigenvalue weighted by atomic mass is 32.1. The molecule has 3 N–H and O–H groups in total. The van der Waals surface area contributed by atoms with Crippen molar-refractivity contribution in [2.24, 2.45) is 0 Å². The molecule has 0 spiro atoms. The normalized spacial score (nSPS) is 10.7. The van der Waals surface area contributed by atoms with E-state index in [2.05, 4.69) is 42.7 Å². The van der Waals surface area contributed by atoms with Crippen LogP contribution in [0.3, 0.4) is 0 Å². The van der Waals surface area contributed by atoms with Gasteiger partial charge in [0.1, 0.15) is 0 Å². The highest BCUT2D eigenvalue weighted by Gasteiger charge is 2.08. The lowest BCUT2D eigenvalue weighted by molar-refractivity contribution is 1.33. The Bertz CT molecular complexity index is 821. The number of thiazole rings is 1. The van der Waals surface area contributed by atoms with Crippen molar-refractivity contribution >= 4 is 27.8 Å². The zero-order valence-electron chi connectivity index (χ0n) is 13.0. The lowest BCUT2D eigenvalue weighted by atomic mass is 10.0. The van der Waals surface area contributed by atoms with E-state index in [1.165, 1.54) is 16.7 Å². The number of hydrogen-bond acceptors (Lipinski definition) is 4. The van der Waals surface area contributed by atoms with E-state index in [1.807, 2.05) is 25.1 Å². The molecule has 4 heteroatoms. The van der Waals surface area contributed by atoms with Crippen LogP contribution >= 0.6 is 11.3 Å². The molecule has 0 aliphatic carbocycles. The molecule has 112 valence electrons. The van der Waals surface area contributed by atoms with E-state index in [4.69, 9.17) is 10.7 Å². The minimum absolute atomic E-state index is 0.776. The molecule has 22 heavy (non-hydrogen) atoms. The summed E-state index contributed by atoms with van der Waals surface area (Å²) < 4.78 is 0. The van der Waals surface area contributed by atoms with Gasteiger partial charge in [-0.15, -0.1) is 11.3 Å². The van der Waals surface area contributed by atoms with Crippen LogP contribution in [0, 0.1) is 20.8 Å². The fraction of sp³-hybridized carbons (Fsp3) is 0.167. The SMILES string of the molecule is Cc1ccc(-c2csc(Nc3ccc(N)cc3C)n2)c(C)c1. The molecule has 0 saturated carbocycles. The van der Waals surface area contributed by atoms with Gasteiger partial charge in [-0.05, 0) is 50.1 Å². The van der Waals surface area contributed by atoms with Crippen LogP contribution in [0.2, 0.25) is 0 Å². The number of benzene rings is 2. The molecule has 0 unspecified atom stereocenters. The Balaban J connectivity index is 1.87. The van der Waals surface area contributed by atoms with E-state index in [-0.39, 0.29) is 0 Å². The maximum Gasteiger partial charge on any atom is 0.187 e. The summed E-state index contributed by atoms with van der Waals surface area (Å²) >= 11 is 1.61. The molecule has 3 rings (SSSR count). The number of anilines is 3. The lowest BCUT2D eigenvalue weighted by Crippen LogP contribution is -1.94. The molecule has 3 nitrogen and oxygen atoms in total. The van der Waals surface area contributed by atoms with Gasteiger partial charge in [-0.3, -0.25) is 0 Å². The van der Waals surface area contributed by atoms with Gasteiger partial charge < -0.3 is 11.1 Å². The predicted molar refractivity (Wildman–Crippen MR) is 95.9 cm³/mol.